The number of benzene rings is 1. The van der Waals surface area contributed by atoms with Crippen LogP contribution in [0.2, 0.25) is 0 Å². The lowest BCUT2D eigenvalue weighted by Gasteiger charge is -2.18. The van der Waals surface area contributed by atoms with E-state index in [0.29, 0.717) is 0 Å². The second-order valence-electron chi connectivity index (χ2n) is 5.92. The first-order chi connectivity index (χ1) is 10.8. The van der Waals surface area contributed by atoms with Gasteiger partial charge in [-0.3, -0.25) is 4.99 Å². The Balaban J connectivity index is 1.71. The fourth-order valence-electron chi connectivity index (χ4n) is 3.26. The minimum Gasteiger partial charge on any atom is -0.493 e. The molecule has 2 aliphatic heterocycles. The summed E-state index contributed by atoms with van der Waals surface area (Å²) in [4.78, 5) is 8.51. The van der Waals surface area contributed by atoms with Crippen LogP contribution in [0.4, 0.5) is 0 Å². The molecule has 0 radical (unpaired) electrons. The fraction of sp³-hybridized carbons (Fsp3) is 0.353. The highest BCUT2D eigenvalue weighted by molar-refractivity contribution is 8.17. The van der Waals surface area contributed by atoms with Crippen LogP contribution < -0.4 is 4.74 Å². The van der Waals surface area contributed by atoms with Gasteiger partial charge in [0.2, 0.25) is 0 Å². The number of furan rings is 1. The average molecular weight is 312 g/mol. The zero-order chi connectivity index (χ0) is 14.7. The Morgan fingerprint density at radius 3 is 3.09 bits per heavy atom. The smallest absolute Gasteiger partial charge is 0.175 e. The first kappa shape index (κ1) is 12.6. The molecule has 22 heavy (non-hydrogen) atoms. The predicted molar refractivity (Wildman–Crippen MR) is 89.0 cm³/mol. The topological polar surface area (TPSA) is 38.0 Å². The van der Waals surface area contributed by atoms with Crippen molar-refractivity contribution < 1.29 is 9.15 Å². The van der Waals surface area contributed by atoms with Gasteiger partial charge in [0.25, 0.3) is 0 Å². The van der Waals surface area contributed by atoms with Crippen LogP contribution in [0.5, 0.6) is 5.75 Å². The largest absolute Gasteiger partial charge is 0.493 e. The Labute approximate surface area is 132 Å². The molecule has 1 aromatic heterocycles. The van der Waals surface area contributed by atoms with E-state index in [1.165, 1.54) is 34.2 Å². The lowest BCUT2D eigenvalue weighted by molar-refractivity contribution is 0.410. The Morgan fingerprint density at radius 1 is 1.36 bits per heavy atom. The van der Waals surface area contributed by atoms with E-state index >= 15 is 0 Å². The third-order valence-electron chi connectivity index (χ3n) is 4.46. The quantitative estimate of drug-likeness (QED) is 0.860. The summed E-state index contributed by atoms with van der Waals surface area (Å²) in [5.74, 6) is 1.52. The molecule has 0 amide bonds. The van der Waals surface area contributed by atoms with Gasteiger partial charge in [-0.25, -0.2) is 0 Å². The van der Waals surface area contributed by atoms with Gasteiger partial charge in [0, 0.05) is 22.4 Å². The number of amidine groups is 1. The molecular weight excluding hydrogens is 296 g/mol. The van der Waals surface area contributed by atoms with Crippen molar-refractivity contribution in [2.24, 2.45) is 10.9 Å². The molecule has 0 saturated heterocycles. The normalized spacial score (nSPS) is 20.8. The van der Waals surface area contributed by atoms with Gasteiger partial charge in [-0.05, 0) is 37.0 Å². The summed E-state index contributed by atoms with van der Waals surface area (Å²) in [5.41, 5.74) is 3.37. The van der Waals surface area contributed by atoms with Crippen molar-refractivity contribution in [3.05, 3.63) is 34.9 Å². The minimum atomic E-state index is 0.722. The van der Waals surface area contributed by atoms with Crippen LogP contribution in [0.1, 0.15) is 18.4 Å². The van der Waals surface area contributed by atoms with E-state index < -0.39 is 0 Å². The lowest BCUT2D eigenvalue weighted by Crippen LogP contribution is -2.20. The van der Waals surface area contributed by atoms with Crippen molar-refractivity contribution in [1.29, 1.82) is 0 Å². The number of aliphatic imine (C=N–C) groups is 1. The Kier molecular flexibility index (Phi) is 2.62. The van der Waals surface area contributed by atoms with Gasteiger partial charge in [0.15, 0.2) is 16.5 Å². The second-order valence-corrected chi connectivity index (χ2v) is 6.93. The third-order valence-corrected chi connectivity index (χ3v) is 5.74. The first-order valence-corrected chi connectivity index (χ1v) is 8.46. The zero-order valence-electron chi connectivity index (χ0n) is 12.3. The summed E-state index contributed by atoms with van der Waals surface area (Å²) >= 11 is 1.87. The summed E-state index contributed by atoms with van der Waals surface area (Å²) in [6, 6.07) is 6.31. The number of thioether (sulfide) groups is 1. The van der Waals surface area contributed by atoms with Crippen molar-refractivity contribution in [1.82, 2.24) is 4.90 Å². The molecule has 1 saturated carbocycles. The van der Waals surface area contributed by atoms with Gasteiger partial charge in [-0.2, -0.15) is 0 Å². The van der Waals surface area contributed by atoms with Crippen LogP contribution in [0.15, 0.2) is 38.8 Å². The molecule has 0 unspecified atom stereocenters. The van der Waals surface area contributed by atoms with E-state index in [2.05, 4.69) is 22.0 Å². The highest BCUT2D eigenvalue weighted by atomic mass is 32.2. The minimum absolute atomic E-state index is 0.722. The van der Waals surface area contributed by atoms with Crippen molar-refractivity contribution >= 4 is 33.6 Å². The molecule has 2 aromatic rings. The maximum atomic E-state index is 5.55. The number of rotatable bonds is 3. The lowest BCUT2D eigenvalue weighted by atomic mass is 10.1. The maximum absolute atomic E-state index is 5.55. The van der Waals surface area contributed by atoms with Crippen LogP contribution in [-0.2, 0) is 0 Å². The van der Waals surface area contributed by atoms with Crippen LogP contribution in [0, 0.1) is 5.92 Å². The van der Waals surface area contributed by atoms with Gasteiger partial charge < -0.3 is 14.1 Å². The van der Waals surface area contributed by atoms with Gasteiger partial charge >= 0.3 is 0 Å². The molecule has 0 atom stereocenters. The Bertz CT molecular complexity index is 832. The molecular formula is C17H16N2O2S. The number of hydrogen-bond donors (Lipinski definition) is 0. The van der Waals surface area contributed by atoms with Crippen LogP contribution in [0.25, 0.3) is 16.7 Å². The van der Waals surface area contributed by atoms with Gasteiger partial charge in [0.05, 0.1) is 25.6 Å². The number of nitrogens with zero attached hydrogens (tertiary/aromatic N) is 2. The molecule has 4 nitrogen and oxygen atoms in total. The van der Waals surface area contributed by atoms with E-state index in [9.17, 15) is 0 Å². The summed E-state index contributed by atoms with van der Waals surface area (Å²) in [6.07, 6.45) is 4.33. The number of fused-ring (bicyclic) bond motifs is 2. The number of methoxy groups -OCH3 is 1. The fourth-order valence-corrected chi connectivity index (χ4v) is 4.63. The highest BCUT2D eigenvalue weighted by Crippen LogP contribution is 2.53. The molecule has 112 valence electrons. The summed E-state index contributed by atoms with van der Waals surface area (Å²) < 4.78 is 11.1. The second kappa shape index (κ2) is 4.56. The molecule has 1 fully saturated rings. The molecule has 3 heterocycles. The van der Waals surface area contributed by atoms with Crippen molar-refractivity contribution in [2.45, 2.75) is 12.8 Å². The Morgan fingerprint density at radius 2 is 2.27 bits per heavy atom. The zero-order valence-corrected chi connectivity index (χ0v) is 13.2. The van der Waals surface area contributed by atoms with E-state index in [-0.39, 0.29) is 0 Å². The van der Waals surface area contributed by atoms with Crippen LogP contribution in [-0.4, -0.2) is 30.3 Å². The molecule has 0 bridgehead atoms. The third kappa shape index (κ3) is 1.75. The highest BCUT2D eigenvalue weighted by Gasteiger charge is 2.40. The molecule has 1 aliphatic carbocycles. The average Bonchev–Trinajstić information content (AvgIpc) is 2.96. The molecule has 0 spiro atoms. The van der Waals surface area contributed by atoms with Crippen LogP contribution >= 0.6 is 11.8 Å². The standard InChI is InChI=1S/C17H16N2O2S/c1-20-13-9-12(8-11-4-7-21-15(11)13)14-16(10-2-3-10)22-17-18-5-6-19(14)17/h4,7-10H,2-3,5-6H2,1H3. The van der Waals surface area contributed by atoms with E-state index in [0.717, 1.165) is 35.7 Å². The molecule has 5 rings (SSSR count). The number of hydrogen-bond acceptors (Lipinski definition) is 5. The molecule has 3 aliphatic rings. The van der Waals surface area contributed by atoms with Gasteiger partial charge in [0.1, 0.15) is 0 Å². The van der Waals surface area contributed by atoms with Gasteiger partial charge in [-0.15, -0.1) is 0 Å². The summed E-state index contributed by atoms with van der Waals surface area (Å²) in [7, 11) is 1.70. The summed E-state index contributed by atoms with van der Waals surface area (Å²) in [5, 5.41) is 2.26. The molecule has 0 N–H and O–H groups in total. The molecule has 5 heteroatoms. The summed E-state index contributed by atoms with van der Waals surface area (Å²) in [6.45, 7) is 1.88. The Hall–Kier alpha value is -1.88. The van der Waals surface area contributed by atoms with Crippen molar-refractivity contribution in [3.8, 4) is 5.75 Å². The molecule has 1 aromatic carbocycles. The van der Waals surface area contributed by atoms with E-state index in [1.807, 2.05) is 17.8 Å². The first-order valence-electron chi connectivity index (χ1n) is 7.65. The number of ether oxygens (including phenoxy) is 1. The predicted octanol–water partition coefficient (Wildman–Crippen LogP) is 3.94. The van der Waals surface area contributed by atoms with Gasteiger partial charge in [-0.1, -0.05) is 11.8 Å². The van der Waals surface area contributed by atoms with E-state index in [4.69, 9.17) is 9.15 Å². The van der Waals surface area contributed by atoms with E-state index in [1.54, 1.807) is 13.4 Å². The maximum Gasteiger partial charge on any atom is 0.175 e. The number of allylic oxidation sites excluding steroid dienone is 1. The van der Waals surface area contributed by atoms with Crippen molar-refractivity contribution in [3.63, 3.8) is 0 Å². The van der Waals surface area contributed by atoms with Crippen molar-refractivity contribution in [2.75, 3.05) is 20.2 Å². The van der Waals surface area contributed by atoms with Crippen LogP contribution in [0.3, 0.4) is 0 Å². The SMILES string of the molecule is COc1cc(C2=C(C3CC3)SC3=NCCN32)cc2ccoc12. The monoisotopic (exact) mass is 312 g/mol.